The third kappa shape index (κ3) is 5.64. The second kappa shape index (κ2) is 11.7. The Morgan fingerprint density at radius 1 is 1.12 bits per heavy atom. The molecule has 1 aromatic heterocycles. The van der Waals surface area contributed by atoms with Gasteiger partial charge in [0.05, 0.1) is 24.2 Å². The van der Waals surface area contributed by atoms with Crippen LogP contribution in [-0.4, -0.2) is 81.3 Å². The summed E-state index contributed by atoms with van der Waals surface area (Å²) in [5.41, 5.74) is 3.10. The highest BCUT2D eigenvalue weighted by atomic mass is 19.3. The van der Waals surface area contributed by atoms with Gasteiger partial charge in [0.1, 0.15) is 5.82 Å². The fraction of sp³-hybridized carbons (Fsp3) is 0.548. The molecule has 0 spiro atoms. The first kappa shape index (κ1) is 28.7. The Morgan fingerprint density at radius 3 is 2.55 bits per heavy atom. The fourth-order valence-corrected chi connectivity index (χ4v) is 6.85. The van der Waals surface area contributed by atoms with Crippen molar-refractivity contribution >= 4 is 23.8 Å². The van der Waals surface area contributed by atoms with Crippen LogP contribution in [0.15, 0.2) is 29.5 Å². The topological polar surface area (TPSA) is 94.7 Å². The minimum Gasteiger partial charge on any atom is -0.512 e. The molecule has 5 heterocycles. The Kier molecular flexibility index (Phi) is 7.97. The van der Waals surface area contributed by atoms with Crippen molar-refractivity contribution in [1.82, 2.24) is 29.7 Å². The monoisotopic (exact) mass is 578 g/mol. The predicted molar refractivity (Wildman–Crippen MR) is 159 cm³/mol. The molecule has 1 aliphatic carbocycles. The second-order valence-electron chi connectivity index (χ2n) is 11.9. The summed E-state index contributed by atoms with van der Waals surface area (Å²) >= 11 is 0. The zero-order valence-electron chi connectivity index (χ0n) is 24.5. The SMILES string of the molecule is C=c1/c(=C(\C)O)c(C)c2cnc(=Nc3ccc(N4CCN(CC5CCNCC5(F)F)CC4)cn3)nc-2n1C1CCCC1. The Hall–Kier alpha value is -3.44. The van der Waals surface area contributed by atoms with E-state index in [0.29, 0.717) is 30.9 Å². The Balaban J connectivity index is 1.20. The molecule has 224 valence electrons. The minimum absolute atomic E-state index is 0.217. The number of aliphatic hydroxyl groups excluding tert-OH is 1. The Morgan fingerprint density at radius 2 is 1.88 bits per heavy atom. The van der Waals surface area contributed by atoms with Crippen molar-refractivity contribution in [2.24, 2.45) is 10.9 Å². The van der Waals surface area contributed by atoms with Gasteiger partial charge in [-0.05, 0) is 57.4 Å². The summed E-state index contributed by atoms with van der Waals surface area (Å²) in [5.74, 6) is -1.69. The predicted octanol–water partition coefficient (Wildman–Crippen LogP) is 2.90. The summed E-state index contributed by atoms with van der Waals surface area (Å²) in [6, 6.07) is 4.13. The van der Waals surface area contributed by atoms with E-state index in [1.807, 2.05) is 19.1 Å². The molecule has 0 bridgehead atoms. The van der Waals surface area contributed by atoms with Crippen LogP contribution in [-0.2, 0) is 0 Å². The normalized spacial score (nSPS) is 23.1. The number of aromatic nitrogens is 4. The smallest absolute Gasteiger partial charge is 0.264 e. The zero-order valence-corrected chi connectivity index (χ0v) is 24.5. The first-order chi connectivity index (χ1) is 20.2. The molecule has 0 radical (unpaired) electrons. The number of fused-ring (bicyclic) bond motifs is 1. The van der Waals surface area contributed by atoms with Gasteiger partial charge in [-0.3, -0.25) is 4.90 Å². The van der Waals surface area contributed by atoms with Crippen LogP contribution < -0.4 is 26.4 Å². The van der Waals surface area contributed by atoms with E-state index >= 15 is 0 Å². The lowest BCUT2D eigenvalue weighted by molar-refractivity contribution is -0.0831. The molecule has 2 saturated heterocycles. The number of alkyl halides is 2. The van der Waals surface area contributed by atoms with Gasteiger partial charge in [0.2, 0.25) is 0 Å². The molecule has 2 N–H and O–H groups in total. The Labute approximate surface area is 244 Å². The first-order valence-corrected chi connectivity index (χ1v) is 15.0. The molecule has 6 rings (SSSR count). The maximum atomic E-state index is 14.3. The lowest BCUT2D eigenvalue weighted by Crippen LogP contribution is -2.53. The number of piperazine rings is 1. The molecule has 1 atom stereocenters. The summed E-state index contributed by atoms with van der Waals surface area (Å²) in [6.45, 7) is 11.9. The van der Waals surface area contributed by atoms with E-state index in [0.717, 1.165) is 85.1 Å². The van der Waals surface area contributed by atoms with E-state index < -0.39 is 11.8 Å². The van der Waals surface area contributed by atoms with Crippen LogP contribution in [0.1, 0.15) is 50.6 Å². The molecule has 0 amide bonds. The molecule has 1 unspecified atom stereocenters. The van der Waals surface area contributed by atoms with Crippen molar-refractivity contribution in [3.63, 3.8) is 0 Å². The van der Waals surface area contributed by atoms with Crippen LogP contribution in [0.5, 0.6) is 0 Å². The first-order valence-electron chi connectivity index (χ1n) is 15.0. The number of nitrogens with one attached hydrogen (secondary N) is 1. The van der Waals surface area contributed by atoms with E-state index in [1.54, 1.807) is 19.3 Å². The number of aliphatic hydroxyl groups is 1. The summed E-state index contributed by atoms with van der Waals surface area (Å²) in [6.07, 6.45) is 8.51. The van der Waals surface area contributed by atoms with Gasteiger partial charge in [-0.15, -0.1) is 0 Å². The van der Waals surface area contributed by atoms with Gasteiger partial charge in [0.15, 0.2) is 5.82 Å². The highest BCUT2D eigenvalue weighted by Crippen LogP contribution is 2.32. The molecule has 0 aromatic carbocycles. The molecular formula is C31H40F2N8O. The highest BCUT2D eigenvalue weighted by molar-refractivity contribution is 5.62. The molecule has 3 fully saturated rings. The van der Waals surface area contributed by atoms with Gasteiger partial charge in [0.25, 0.3) is 11.5 Å². The molecule has 1 aromatic rings. The van der Waals surface area contributed by atoms with Gasteiger partial charge >= 0.3 is 0 Å². The van der Waals surface area contributed by atoms with Crippen molar-refractivity contribution < 1.29 is 13.9 Å². The summed E-state index contributed by atoms with van der Waals surface area (Å²) < 4.78 is 30.7. The van der Waals surface area contributed by atoms with Crippen molar-refractivity contribution in [3.05, 3.63) is 46.3 Å². The van der Waals surface area contributed by atoms with E-state index in [4.69, 9.17) is 4.98 Å². The molecular weight excluding hydrogens is 538 g/mol. The van der Waals surface area contributed by atoms with Crippen molar-refractivity contribution in [2.45, 2.75) is 57.9 Å². The van der Waals surface area contributed by atoms with E-state index in [-0.39, 0.29) is 18.3 Å². The third-order valence-electron chi connectivity index (χ3n) is 9.18. The lowest BCUT2D eigenvalue weighted by atomic mass is 9.93. The van der Waals surface area contributed by atoms with Crippen LogP contribution in [0.3, 0.4) is 0 Å². The van der Waals surface area contributed by atoms with Crippen molar-refractivity contribution in [3.8, 4) is 11.4 Å². The molecule has 1 saturated carbocycles. The number of rotatable bonds is 5. The zero-order chi connectivity index (χ0) is 29.4. The number of anilines is 1. The van der Waals surface area contributed by atoms with Crippen LogP contribution in [0, 0.1) is 12.8 Å². The Bertz CT molecular complexity index is 1570. The molecule has 9 nitrogen and oxygen atoms in total. The van der Waals surface area contributed by atoms with E-state index in [2.05, 4.69) is 41.2 Å². The minimum atomic E-state index is -2.64. The quantitative estimate of drug-likeness (QED) is 0.481. The lowest BCUT2D eigenvalue weighted by Gasteiger charge is -2.40. The van der Waals surface area contributed by atoms with Crippen LogP contribution in [0.2, 0.25) is 0 Å². The average molecular weight is 579 g/mol. The largest absolute Gasteiger partial charge is 0.512 e. The third-order valence-corrected chi connectivity index (χ3v) is 9.18. The van der Waals surface area contributed by atoms with Crippen LogP contribution >= 0.6 is 0 Å². The number of halogens is 2. The van der Waals surface area contributed by atoms with Crippen LogP contribution in [0.4, 0.5) is 20.3 Å². The number of hydrogen-bond donors (Lipinski definition) is 2. The van der Waals surface area contributed by atoms with E-state index in [9.17, 15) is 13.9 Å². The van der Waals surface area contributed by atoms with Gasteiger partial charge < -0.3 is 19.9 Å². The summed E-state index contributed by atoms with van der Waals surface area (Å²) in [7, 11) is 0. The fourth-order valence-electron chi connectivity index (χ4n) is 6.85. The van der Waals surface area contributed by atoms with Gasteiger partial charge in [0, 0.05) is 67.0 Å². The summed E-state index contributed by atoms with van der Waals surface area (Å²) in [4.78, 5) is 23.0. The molecule has 11 heteroatoms. The molecule has 42 heavy (non-hydrogen) atoms. The number of piperidine rings is 1. The highest BCUT2D eigenvalue weighted by Gasteiger charge is 2.42. The number of hydrogen-bond acceptors (Lipinski definition) is 8. The number of nitrogens with zero attached hydrogens (tertiary/aromatic N) is 7. The maximum Gasteiger partial charge on any atom is 0.264 e. The second-order valence-corrected chi connectivity index (χ2v) is 11.9. The van der Waals surface area contributed by atoms with E-state index in [1.165, 1.54) is 0 Å². The van der Waals surface area contributed by atoms with Crippen molar-refractivity contribution in [1.29, 1.82) is 0 Å². The number of pyridine rings is 2. The average Bonchev–Trinajstić information content (AvgIpc) is 3.49. The standard InChI is InChI=1S/C31H40F2N8O/c1-20-26-17-36-30(38-29(26)41(24-6-4-5-7-24)21(2)28(20)22(3)42)37-27-9-8-25(16-35-27)40-14-12-39(13-15-40)18-23-10-11-34-19-31(23,32)33/h8-9,16-17,23-24,34,42H,2,4-7,10-15,18-19H2,1,3H3/b28-22+,37-30?. The maximum absolute atomic E-state index is 14.3. The molecule has 5 aliphatic rings. The van der Waals surface area contributed by atoms with Gasteiger partial charge in [-0.1, -0.05) is 19.4 Å². The summed E-state index contributed by atoms with van der Waals surface area (Å²) in [5, 5.41) is 14.8. The van der Waals surface area contributed by atoms with Gasteiger partial charge in [-0.2, -0.15) is 9.98 Å². The van der Waals surface area contributed by atoms with Crippen molar-refractivity contribution in [2.75, 3.05) is 50.7 Å². The van der Waals surface area contributed by atoms with Crippen LogP contribution in [0.25, 0.3) is 23.7 Å². The molecule has 4 aliphatic heterocycles. The van der Waals surface area contributed by atoms with Gasteiger partial charge in [-0.25, -0.2) is 18.7 Å².